The molecule has 0 bridgehead atoms. The van der Waals surface area contributed by atoms with Crippen LogP contribution in [0.3, 0.4) is 0 Å². The Labute approximate surface area is 174 Å². The Balaban J connectivity index is 1.85. The molecule has 6 heteroatoms. The number of para-hydroxylation sites is 1. The van der Waals surface area contributed by atoms with Crippen molar-refractivity contribution in [3.63, 3.8) is 0 Å². The third-order valence-corrected chi connectivity index (χ3v) is 4.31. The van der Waals surface area contributed by atoms with Gasteiger partial charge in [0.25, 0.3) is 11.8 Å². The van der Waals surface area contributed by atoms with E-state index in [0.717, 1.165) is 5.56 Å². The van der Waals surface area contributed by atoms with Gasteiger partial charge in [-0.2, -0.15) is 0 Å². The van der Waals surface area contributed by atoms with Gasteiger partial charge in [-0.1, -0.05) is 41.9 Å². The minimum absolute atomic E-state index is 0.108. The first-order chi connectivity index (χ1) is 14.0. The van der Waals surface area contributed by atoms with Crippen molar-refractivity contribution in [3.05, 3.63) is 101 Å². The van der Waals surface area contributed by atoms with Gasteiger partial charge in [-0.3, -0.25) is 9.59 Å². The lowest BCUT2D eigenvalue weighted by atomic mass is 10.1. The average molecular weight is 407 g/mol. The lowest BCUT2D eigenvalue weighted by Crippen LogP contribution is -2.30. The Morgan fingerprint density at radius 2 is 1.55 bits per heavy atom. The molecule has 0 heterocycles. The van der Waals surface area contributed by atoms with Crippen molar-refractivity contribution in [1.82, 2.24) is 5.32 Å². The lowest BCUT2D eigenvalue weighted by molar-refractivity contribution is -0.113. The monoisotopic (exact) mass is 406 g/mol. The van der Waals surface area contributed by atoms with Gasteiger partial charge in [-0.15, -0.1) is 0 Å². The van der Waals surface area contributed by atoms with Gasteiger partial charge in [0.1, 0.15) is 11.4 Å². The number of carbonyl (C=O) groups excluding carboxylic acids is 2. The predicted octanol–water partition coefficient (Wildman–Crippen LogP) is 4.76. The molecule has 5 nitrogen and oxygen atoms in total. The molecular formula is C23H19ClN2O3. The topological polar surface area (TPSA) is 67.4 Å². The molecule has 146 valence electrons. The van der Waals surface area contributed by atoms with Gasteiger partial charge in [0.05, 0.1) is 7.11 Å². The first kappa shape index (κ1) is 20.2. The minimum atomic E-state index is -0.437. The first-order valence-corrected chi connectivity index (χ1v) is 9.22. The van der Waals surface area contributed by atoms with E-state index in [9.17, 15) is 9.59 Å². The van der Waals surface area contributed by atoms with E-state index in [2.05, 4.69) is 10.6 Å². The number of rotatable bonds is 6. The third kappa shape index (κ3) is 5.70. The fraction of sp³-hybridized carbons (Fsp3) is 0.0435. The molecule has 0 aliphatic carbocycles. The van der Waals surface area contributed by atoms with E-state index >= 15 is 0 Å². The van der Waals surface area contributed by atoms with Crippen molar-refractivity contribution >= 4 is 35.2 Å². The number of amides is 2. The van der Waals surface area contributed by atoms with E-state index in [1.807, 2.05) is 18.2 Å². The molecule has 2 amide bonds. The summed E-state index contributed by atoms with van der Waals surface area (Å²) in [6, 6.07) is 22.6. The fourth-order valence-electron chi connectivity index (χ4n) is 2.54. The molecule has 0 unspecified atom stereocenters. The van der Waals surface area contributed by atoms with Crippen LogP contribution in [0.4, 0.5) is 5.69 Å². The SMILES string of the molecule is COc1ccc(C(=O)NC(=Cc2ccc(Cl)cc2)C(=O)Nc2ccccc2)cc1. The summed E-state index contributed by atoms with van der Waals surface area (Å²) in [5.74, 6) is -0.204. The number of ether oxygens (including phenoxy) is 1. The van der Waals surface area contributed by atoms with Crippen LogP contribution in [0.5, 0.6) is 5.75 Å². The van der Waals surface area contributed by atoms with Gasteiger partial charge in [0.2, 0.25) is 0 Å². The second-order valence-electron chi connectivity index (χ2n) is 6.11. The zero-order chi connectivity index (χ0) is 20.6. The van der Waals surface area contributed by atoms with Crippen LogP contribution in [0.25, 0.3) is 6.08 Å². The summed E-state index contributed by atoms with van der Waals surface area (Å²) >= 11 is 5.93. The lowest BCUT2D eigenvalue weighted by Gasteiger charge is -2.12. The maximum absolute atomic E-state index is 12.8. The maximum Gasteiger partial charge on any atom is 0.272 e. The van der Waals surface area contributed by atoms with Crippen molar-refractivity contribution in [2.75, 3.05) is 12.4 Å². The standard InChI is InChI=1S/C23H19ClN2O3/c1-29-20-13-9-17(10-14-20)22(27)26-21(15-16-7-11-18(24)12-8-16)23(28)25-19-5-3-2-4-6-19/h2-15H,1H3,(H,25,28)(H,26,27). The molecule has 0 fully saturated rings. The van der Waals surface area contributed by atoms with E-state index in [1.54, 1.807) is 73.8 Å². The smallest absolute Gasteiger partial charge is 0.272 e. The van der Waals surface area contributed by atoms with Gasteiger partial charge in [0, 0.05) is 16.3 Å². The van der Waals surface area contributed by atoms with Crippen LogP contribution in [0.1, 0.15) is 15.9 Å². The summed E-state index contributed by atoms with van der Waals surface area (Å²) in [4.78, 5) is 25.5. The first-order valence-electron chi connectivity index (χ1n) is 8.84. The van der Waals surface area contributed by atoms with E-state index in [0.29, 0.717) is 22.0 Å². The predicted molar refractivity (Wildman–Crippen MR) is 115 cm³/mol. The van der Waals surface area contributed by atoms with E-state index in [4.69, 9.17) is 16.3 Å². The Bertz CT molecular complexity index is 1010. The highest BCUT2D eigenvalue weighted by Crippen LogP contribution is 2.15. The molecule has 0 saturated heterocycles. The minimum Gasteiger partial charge on any atom is -0.497 e. The summed E-state index contributed by atoms with van der Waals surface area (Å²) < 4.78 is 5.11. The van der Waals surface area contributed by atoms with Crippen LogP contribution in [0.15, 0.2) is 84.6 Å². The number of benzene rings is 3. The molecule has 29 heavy (non-hydrogen) atoms. The number of carbonyl (C=O) groups is 2. The molecule has 0 aliphatic heterocycles. The van der Waals surface area contributed by atoms with Crippen LogP contribution in [0.2, 0.25) is 5.02 Å². The largest absolute Gasteiger partial charge is 0.497 e. The zero-order valence-corrected chi connectivity index (χ0v) is 16.4. The Morgan fingerprint density at radius 1 is 0.897 bits per heavy atom. The zero-order valence-electron chi connectivity index (χ0n) is 15.7. The van der Waals surface area contributed by atoms with E-state index in [1.165, 1.54) is 0 Å². The van der Waals surface area contributed by atoms with Crippen LogP contribution in [0, 0.1) is 0 Å². The van der Waals surface area contributed by atoms with Gasteiger partial charge in [0.15, 0.2) is 0 Å². The van der Waals surface area contributed by atoms with Crippen molar-refractivity contribution in [3.8, 4) is 5.75 Å². The van der Waals surface area contributed by atoms with Crippen LogP contribution < -0.4 is 15.4 Å². The Hall–Kier alpha value is -3.57. The third-order valence-electron chi connectivity index (χ3n) is 4.06. The van der Waals surface area contributed by atoms with Gasteiger partial charge in [-0.25, -0.2) is 0 Å². The molecule has 0 atom stereocenters. The van der Waals surface area contributed by atoms with E-state index < -0.39 is 11.8 Å². The molecule has 0 aliphatic rings. The van der Waals surface area contributed by atoms with Crippen LogP contribution in [-0.4, -0.2) is 18.9 Å². The number of halogens is 1. The quantitative estimate of drug-likeness (QED) is 0.580. The number of anilines is 1. The summed E-state index contributed by atoms with van der Waals surface area (Å²) in [7, 11) is 1.55. The van der Waals surface area contributed by atoms with Gasteiger partial charge in [-0.05, 0) is 60.2 Å². The summed E-state index contributed by atoms with van der Waals surface area (Å²) in [5.41, 5.74) is 1.86. The maximum atomic E-state index is 12.8. The summed E-state index contributed by atoms with van der Waals surface area (Å²) in [6.45, 7) is 0. The van der Waals surface area contributed by atoms with Crippen molar-refractivity contribution in [2.24, 2.45) is 0 Å². The Morgan fingerprint density at radius 3 is 2.17 bits per heavy atom. The number of hydrogen-bond acceptors (Lipinski definition) is 3. The molecule has 3 aromatic rings. The van der Waals surface area contributed by atoms with Crippen LogP contribution >= 0.6 is 11.6 Å². The highest BCUT2D eigenvalue weighted by Gasteiger charge is 2.15. The van der Waals surface area contributed by atoms with Crippen LogP contribution in [-0.2, 0) is 4.79 Å². The second kappa shape index (κ2) is 9.57. The Kier molecular flexibility index (Phi) is 6.66. The number of hydrogen-bond donors (Lipinski definition) is 2. The van der Waals surface area contributed by atoms with Gasteiger partial charge >= 0.3 is 0 Å². The van der Waals surface area contributed by atoms with Gasteiger partial charge < -0.3 is 15.4 Å². The molecular weight excluding hydrogens is 388 g/mol. The average Bonchev–Trinajstić information content (AvgIpc) is 2.75. The molecule has 2 N–H and O–H groups in total. The molecule has 0 saturated carbocycles. The van der Waals surface area contributed by atoms with Crippen molar-refractivity contribution < 1.29 is 14.3 Å². The number of nitrogens with one attached hydrogen (secondary N) is 2. The molecule has 3 rings (SSSR count). The summed E-state index contributed by atoms with van der Waals surface area (Å²) in [5, 5.41) is 6.05. The van der Waals surface area contributed by atoms with Crippen molar-refractivity contribution in [1.29, 1.82) is 0 Å². The molecule has 3 aromatic carbocycles. The second-order valence-corrected chi connectivity index (χ2v) is 6.55. The normalized spacial score (nSPS) is 10.9. The highest BCUT2D eigenvalue weighted by molar-refractivity contribution is 6.30. The summed E-state index contributed by atoms with van der Waals surface area (Å²) in [6.07, 6.45) is 1.59. The molecule has 0 radical (unpaired) electrons. The van der Waals surface area contributed by atoms with Crippen molar-refractivity contribution in [2.45, 2.75) is 0 Å². The molecule has 0 aromatic heterocycles. The highest BCUT2D eigenvalue weighted by atomic mass is 35.5. The molecule has 0 spiro atoms. The fourth-order valence-corrected chi connectivity index (χ4v) is 2.67. The number of methoxy groups -OCH3 is 1. The van der Waals surface area contributed by atoms with E-state index in [-0.39, 0.29) is 5.70 Å².